The Morgan fingerprint density at radius 1 is 0.949 bits per heavy atom. The van der Waals surface area contributed by atoms with Gasteiger partial charge in [-0.2, -0.15) is 4.31 Å². The first-order valence-corrected chi connectivity index (χ1v) is 13.9. The van der Waals surface area contributed by atoms with Crippen LogP contribution in [0.2, 0.25) is 0 Å². The molecule has 3 rings (SSSR count). The van der Waals surface area contributed by atoms with E-state index in [0.717, 1.165) is 16.8 Å². The van der Waals surface area contributed by atoms with E-state index in [1.54, 1.807) is 0 Å². The number of aliphatic hydroxyl groups is 5. The lowest BCUT2D eigenvalue weighted by molar-refractivity contribution is -0.282. The van der Waals surface area contributed by atoms with Gasteiger partial charge in [0.2, 0.25) is 0 Å². The maximum Gasteiger partial charge on any atom is 0.483 e. The van der Waals surface area contributed by atoms with Crippen molar-refractivity contribution in [3.63, 3.8) is 0 Å². The summed E-state index contributed by atoms with van der Waals surface area (Å²) in [4.78, 5) is 44.8. The molecule has 39 heavy (non-hydrogen) atoms. The lowest BCUT2D eigenvalue weighted by Crippen LogP contribution is -2.59. The zero-order valence-corrected chi connectivity index (χ0v) is 21.4. The van der Waals surface area contributed by atoms with Gasteiger partial charge in [0.25, 0.3) is 5.56 Å². The van der Waals surface area contributed by atoms with Crippen molar-refractivity contribution in [1.29, 1.82) is 0 Å². The summed E-state index contributed by atoms with van der Waals surface area (Å²) in [5.41, 5.74) is -1.74. The molecule has 0 spiro atoms. The average molecular weight is 604 g/mol. The molecular formula is C18H26N2O17P2. The van der Waals surface area contributed by atoms with Crippen molar-refractivity contribution in [2.75, 3.05) is 19.8 Å². The van der Waals surface area contributed by atoms with Crippen LogP contribution in [0.1, 0.15) is 6.23 Å². The molecule has 0 radical (unpaired) electrons. The highest BCUT2D eigenvalue weighted by Gasteiger charge is 2.49. The summed E-state index contributed by atoms with van der Waals surface area (Å²) in [6.07, 6.45) is -10.1. The molecule has 2 aliphatic heterocycles. The summed E-state index contributed by atoms with van der Waals surface area (Å²) in [6, 6.07) is 0.932. The molecule has 0 aliphatic carbocycles. The second-order valence-electron chi connectivity index (χ2n) is 8.22. The Labute approximate surface area is 218 Å². The van der Waals surface area contributed by atoms with Crippen LogP contribution in [0, 0.1) is 12.3 Å². The number of hydrogen-bond acceptors (Lipinski definition) is 15. The molecule has 1 aromatic rings. The molecule has 0 bridgehead atoms. The third-order valence-corrected chi connectivity index (χ3v) is 8.04. The smallest absolute Gasteiger partial charge is 0.387 e. The number of aliphatic hydroxyl groups excluding tert-OH is 5. The van der Waals surface area contributed by atoms with Gasteiger partial charge in [0.1, 0.15) is 49.3 Å². The Morgan fingerprint density at radius 2 is 1.59 bits per heavy atom. The highest BCUT2D eigenvalue weighted by Crippen LogP contribution is 2.61. The van der Waals surface area contributed by atoms with Crippen LogP contribution in [0.4, 0.5) is 0 Å². The van der Waals surface area contributed by atoms with Crippen molar-refractivity contribution < 1.29 is 72.0 Å². The zero-order valence-electron chi connectivity index (χ0n) is 19.6. The lowest BCUT2D eigenvalue weighted by atomic mass is 9.99. The molecule has 1 aromatic heterocycles. The van der Waals surface area contributed by atoms with Gasteiger partial charge >= 0.3 is 21.3 Å². The molecule has 0 aromatic carbocycles. The van der Waals surface area contributed by atoms with Crippen molar-refractivity contribution in [2.24, 2.45) is 0 Å². The van der Waals surface area contributed by atoms with Crippen LogP contribution in [0.25, 0.3) is 0 Å². The minimum atomic E-state index is -5.61. The molecule has 11 atom stereocenters. The number of ether oxygens (including phenoxy) is 3. The van der Waals surface area contributed by atoms with Crippen molar-refractivity contribution >= 4 is 15.6 Å². The fraction of sp³-hybridized carbons (Fsp3) is 0.667. The summed E-state index contributed by atoms with van der Waals surface area (Å²) >= 11 is 0. The highest BCUT2D eigenvalue weighted by atomic mass is 31.3. The number of nitrogens with one attached hydrogen (secondary N) is 1. The SMILES string of the molecule is C#CCOC[C@H]1OC(OP(=O)(O)OP(=O)(O)OC[C@H]2O[C@@H](n3ccc(=O)[nH]c3=O)[C@H](O)[C@@H]2O)[C@H](O)[C@@H](O)[C@H]1O. The van der Waals surface area contributed by atoms with E-state index in [9.17, 15) is 54.0 Å². The van der Waals surface area contributed by atoms with Crippen LogP contribution in [0.5, 0.6) is 0 Å². The van der Waals surface area contributed by atoms with Crippen molar-refractivity contribution in [3.8, 4) is 12.3 Å². The predicted molar refractivity (Wildman–Crippen MR) is 121 cm³/mol. The first-order valence-electron chi connectivity index (χ1n) is 10.9. The Morgan fingerprint density at radius 3 is 2.23 bits per heavy atom. The van der Waals surface area contributed by atoms with Crippen LogP contribution in [0.15, 0.2) is 21.9 Å². The third kappa shape index (κ3) is 7.89. The maximum absolute atomic E-state index is 12.3. The minimum absolute atomic E-state index is 0.220. The Kier molecular flexibility index (Phi) is 10.4. The highest BCUT2D eigenvalue weighted by molar-refractivity contribution is 7.61. The van der Waals surface area contributed by atoms with E-state index in [4.69, 9.17) is 20.6 Å². The summed E-state index contributed by atoms with van der Waals surface area (Å²) in [5.74, 6) is 2.12. The first kappa shape index (κ1) is 31.7. The third-order valence-electron chi connectivity index (χ3n) is 5.44. The molecule has 3 unspecified atom stereocenters. The van der Waals surface area contributed by atoms with Gasteiger partial charge in [-0.3, -0.25) is 23.4 Å². The number of hydrogen-bond donors (Lipinski definition) is 8. The normalized spacial score (nSPS) is 36.1. The topological polar surface area (TPSA) is 286 Å². The average Bonchev–Trinajstić information content (AvgIpc) is 3.12. The number of aromatic nitrogens is 2. The maximum atomic E-state index is 12.3. The van der Waals surface area contributed by atoms with Gasteiger partial charge in [-0.15, -0.1) is 6.42 Å². The molecule has 2 fully saturated rings. The minimum Gasteiger partial charge on any atom is -0.387 e. The van der Waals surface area contributed by atoms with Crippen molar-refractivity contribution in [2.45, 2.75) is 55.2 Å². The zero-order chi connectivity index (χ0) is 29.1. The van der Waals surface area contributed by atoms with E-state index >= 15 is 0 Å². The van der Waals surface area contributed by atoms with E-state index in [-0.39, 0.29) is 6.61 Å². The van der Waals surface area contributed by atoms with E-state index in [2.05, 4.69) is 19.3 Å². The van der Waals surface area contributed by atoms with Gasteiger partial charge in [-0.25, -0.2) is 13.9 Å². The quantitative estimate of drug-likeness (QED) is 0.0676. The first-order chi connectivity index (χ1) is 18.2. The van der Waals surface area contributed by atoms with Crippen molar-refractivity contribution in [3.05, 3.63) is 33.1 Å². The van der Waals surface area contributed by atoms with Crippen LogP contribution >= 0.6 is 15.6 Å². The van der Waals surface area contributed by atoms with Gasteiger partial charge in [0.15, 0.2) is 12.5 Å². The molecular weight excluding hydrogens is 578 g/mol. The second kappa shape index (κ2) is 12.8. The van der Waals surface area contributed by atoms with Crippen LogP contribution in [-0.2, 0) is 36.7 Å². The number of nitrogens with zero attached hydrogens (tertiary/aromatic N) is 1. The lowest BCUT2D eigenvalue weighted by Gasteiger charge is -2.40. The van der Waals surface area contributed by atoms with Crippen molar-refractivity contribution in [1.82, 2.24) is 9.55 Å². The number of H-pyrrole nitrogens is 1. The number of rotatable bonds is 11. The van der Waals surface area contributed by atoms with E-state index < -0.39 is 95.4 Å². The van der Waals surface area contributed by atoms with Gasteiger partial charge in [-0.05, 0) is 0 Å². The molecule has 21 heteroatoms. The molecule has 8 N–H and O–H groups in total. The summed E-state index contributed by atoms with van der Waals surface area (Å²) in [5, 5.41) is 50.3. The van der Waals surface area contributed by atoms with Gasteiger partial charge < -0.3 is 49.5 Å². The van der Waals surface area contributed by atoms with Gasteiger partial charge in [-0.1, -0.05) is 5.92 Å². The number of aromatic amines is 1. The summed E-state index contributed by atoms with van der Waals surface area (Å²) in [7, 11) is -11.1. The number of phosphoric acid groups is 2. The summed E-state index contributed by atoms with van der Waals surface area (Å²) in [6.45, 7) is -1.68. The Bertz CT molecular complexity index is 1250. The molecule has 0 amide bonds. The molecule has 2 aliphatic rings. The molecule has 220 valence electrons. The Hall–Kier alpha value is -1.82. The predicted octanol–water partition coefficient (Wildman–Crippen LogP) is -4.14. The van der Waals surface area contributed by atoms with Crippen LogP contribution < -0.4 is 11.2 Å². The second-order valence-corrected chi connectivity index (χ2v) is 11.2. The number of terminal acetylenes is 1. The van der Waals surface area contributed by atoms with E-state index in [1.807, 2.05) is 4.98 Å². The largest absolute Gasteiger partial charge is 0.483 e. The van der Waals surface area contributed by atoms with Gasteiger partial charge in [0.05, 0.1) is 13.2 Å². The van der Waals surface area contributed by atoms with Crippen LogP contribution in [0.3, 0.4) is 0 Å². The monoisotopic (exact) mass is 604 g/mol. The molecule has 0 saturated carbocycles. The van der Waals surface area contributed by atoms with Gasteiger partial charge in [0, 0.05) is 12.3 Å². The summed E-state index contributed by atoms with van der Waals surface area (Å²) < 4.78 is 53.8. The Balaban J connectivity index is 1.60. The fourth-order valence-corrected chi connectivity index (χ4v) is 5.73. The fourth-order valence-electron chi connectivity index (χ4n) is 3.57. The van der Waals surface area contributed by atoms with E-state index in [1.165, 1.54) is 0 Å². The standard InChI is InChI=1S/C18H26N2O17P2/c1-2-5-32-6-8-11(22)13(24)15(26)17(35-8)36-39(30,31)37-38(28,29)33-7-9-12(23)14(25)16(34-9)20-4-3-10(21)19-18(20)27/h1,3-4,8-9,11-17,22-26H,5-7H2,(H,28,29)(H,30,31)(H,19,21,27)/t8-,9-,11+,12-,13+,14-,15-,16-,17?/m1/s1. The molecule has 3 heterocycles. The van der Waals surface area contributed by atoms with E-state index in [0.29, 0.717) is 0 Å². The molecule has 19 nitrogen and oxygen atoms in total. The molecule has 2 saturated heterocycles. The van der Waals surface area contributed by atoms with Crippen LogP contribution in [-0.4, -0.2) is 114 Å². The number of phosphoric ester groups is 2.